The Morgan fingerprint density at radius 2 is 2.19 bits per heavy atom. The third kappa shape index (κ3) is 2.18. The molecular weight excluding hydrogens is 212 g/mol. The van der Waals surface area contributed by atoms with E-state index in [1.54, 1.807) is 20.8 Å². The fourth-order valence-corrected chi connectivity index (χ4v) is 1.22. The maximum absolute atomic E-state index is 11.4. The predicted octanol–water partition coefficient (Wildman–Crippen LogP) is -0.190. The molecule has 7 heteroatoms. The molecule has 0 spiro atoms. The number of carbonyl (C=O) groups excluding carboxylic acids is 2. The van der Waals surface area contributed by atoms with Crippen molar-refractivity contribution in [2.24, 2.45) is 5.73 Å². The van der Waals surface area contributed by atoms with Crippen LogP contribution in [0.5, 0.6) is 0 Å². The van der Waals surface area contributed by atoms with E-state index in [1.165, 1.54) is 4.68 Å². The molecule has 0 radical (unpaired) electrons. The van der Waals surface area contributed by atoms with Crippen molar-refractivity contribution in [1.82, 2.24) is 15.0 Å². The average molecular weight is 226 g/mol. The number of hydrogen-bond acceptors (Lipinski definition) is 5. The lowest BCUT2D eigenvalue weighted by atomic mass is 10.3. The number of carbonyl (C=O) groups is 2. The van der Waals surface area contributed by atoms with E-state index in [2.05, 4.69) is 10.3 Å². The van der Waals surface area contributed by atoms with Gasteiger partial charge in [0.1, 0.15) is 6.04 Å². The first-order chi connectivity index (χ1) is 7.49. The number of rotatable bonds is 4. The Balaban J connectivity index is 3.01. The molecule has 7 nitrogen and oxygen atoms in total. The van der Waals surface area contributed by atoms with Crippen molar-refractivity contribution in [2.45, 2.75) is 26.8 Å². The van der Waals surface area contributed by atoms with Crippen LogP contribution in [0.4, 0.5) is 0 Å². The number of primary amides is 1. The van der Waals surface area contributed by atoms with Crippen LogP contribution in [0.2, 0.25) is 0 Å². The third-order valence-electron chi connectivity index (χ3n) is 2.17. The number of ether oxygens (including phenoxy) is 1. The molecular formula is C9H14N4O3. The Labute approximate surface area is 92.6 Å². The summed E-state index contributed by atoms with van der Waals surface area (Å²) in [7, 11) is 0. The first-order valence-electron chi connectivity index (χ1n) is 4.87. The van der Waals surface area contributed by atoms with Crippen LogP contribution in [0, 0.1) is 6.92 Å². The van der Waals surface area contributed by atoms with Crippen LogP contribution in [0.15, 0.2) is 0 Å². The molecule has 0 aliphatic heterocycles. The summed E-state index contributed by atoms with van der Waals surface area (Å²) in [6.07, 6.45) is 0. The van der Waals surface area contributed by atoms with Gasteiger partial charge in [0.15, 0.2) is 5.69 Å². The molecule has 1 unspecified atom stereocenters. The highest BCUT2D eigenvalue weighted by atomic mass is 16.5. The molecule has 1 rings (SSSR count). The molecule has 1 heterocycles. The highest BCUT2D eigenvalue weighted by Gasteiger charge is 2.22. The fraction of sp³-hybridized carbons (Fsp3) is 0.556. The Morgan fingerprint density at radius 3 is 2.69 bits per heavy atom. The first-order valence-corrected chi connectivity index (χ1v) is 4.87. The minimum absolute atomic E-state index is 0.106. The summed E-state index contributed by atoms with van der Waals surface area (Å²) in [6, 6.07) is -0.643. The van der Waals surface area contributed by atoms with Crippen LogP contribution in [0.25, 0.3) is 0 Å². The molecule has 0 bridgehead atoms. The van der Waals surface area contributed by atoms with Crippen molar-refractivity contribution in [2.75, 3.05) is 6.61 Å². The summed E-state index contributed by atoms with van der Waals surface area (Å²) in [5, 5.41) is 7.37. The van der Waals surface area contributed by atoms with Gasteiger partial charge >= 0.3 is 5.97 Å². The van der Waals surface area contributed by atoms with E-state index in [0.717, 1.165) is 0 Å². The summed E-state index contributed by atoms with van der Waals surface area (Å²) in [5.41, 5.74) is 5.71. The summed E-state index contributed by atoms with van der Waals surface area (Å²) < 4.78 is 6.09. The third-order valence-corrected chi connectivity index (χ3v) is 2.17. The predicted molar refractivity (Wildman–Crippen MR) is 54.6 cm³/mol. The van der Waals surface area contributed by atoms with Gasteiger partial charge in [0.2, 0.25) is 5.91 Å². The molecule has 0 aliphatic rings. The van der Waals surface area contributed by atoms with Crippen molar-refractivity contribution in [3.63, 3.8) is 0 Å². The number of nitrogens with zero attached hydrogens (tertiary/aromatic N) is 3. The van der Waals surface area contributed by atoms with Crippen molar-refractivity contribution in [3.05, 3.63) is 11.4 Å². The van der Waals surface area contributed by atoms with Gasteiger partial charge in [0.05, 0.1) is 12.3 Å². The number of hydrogen-bond donors (Lipinski definition) is 1. The zero-order chi connectivity index (χ0) is 12.3. The van der Waals surface area contributed by atoms with Gasteiger partial charge in [0.25, 0.3) is 0 Å². The largest absolute Gasteiger partial charge is 0.461 e. The van der Waals surface area contributed by atoms with E-state index in [9.17, 15) is 9.59 Å². The standard InChI is InChI=1S/C9H14N4O3/c1-4-16-9(15)7-5(2)13(12-11-7)6(3)8(10)14/h6H,4H2,1-3H3,(H2,10,14). The van der Waals surface area contributed by atoms with Crippen molar-refractivity contribution >= 4 is 11.9 Å². The molecule has 2 N–H and O–H groups in total. The van der Waals surface area contributed by atoms with Gasteiger partial charge in [-0.05, 0) is 20.8 Å². The molecule has 1 atom stereocenters. The van der Waals surface area contributed by atoms with Gasteiger partial charge < -0.3 is 10.5 Å². The molecule has 1 aromatic heterocycles. The summed E-state index contributed by atoms with van der Waals surface area (Å²) in [6.45, 7) is 5.17. The van der Waals surface area contributed by atoms with Gasteiger partial charge in [-0.2, -0.15) is 0 Å². The van der Waals surface area contributed by atoms with Gasteiger partial charge in [0, 0.05) is 0 Å². The Morgan fingerprint density at radius 1 is 1.56 bits per heavy atom. The zero-order valence-electron chi connectivity index (χ0n) is 9.43. The van der Waals surface area contributed by atoms with Crippen LogP contribution in [0.1, 0.15) is 36.1 Å². The van der Waals surface area contributed by atoms with Crippen LogP contribution in [-0.2, 0) is 9.53 Å². The lowest BCUT2D eigenvalue weighted by Crippen LogP contribution is -2.25. The normalized spacial score (nSPS) is 12.2. The van der Waals surface area contributed by atoms with Gasteiger partial charge in [-0.25, -0.2) is 9.48 Å². The number of amides is 1. The highest BCUT2D eigenvalue weighted by Crippen LogP contribution is 2.11. The monoisotopic (exact) mass is 226 g/mol. The van der Waals surface area contributed by atoms with Gasteiger partial charge in [-0.15, -0.1) is 5.10 Å². The van der Waals surface area contributed by atoms with Crippen molar-refractivity contribution < 1.29 is 14.3 Å². The summed E-state index contributed by atoms with van der Waals surface area (Å²) >= 11 is 0. The zero-order valence-corrected chi connectivity index (χ0v) is 9.43. The molecule has 0 aliphatic carbocycles. The smallest absolute Gasteiger partial charge is 0.360 e. The maximum Gasteiger partial charge on any atom is 0.360 e. The van der Waals surface area contributed by atoms with Crippen LogP contribution in [-0.4, -0.2) is 33.5 Å². The molecule has 16 heavy (non-hydrogen) atoms. The quantitative estimate of drug-likeness (QED) is 0.717. The Bertz CT molecular complexity index is 413. The van der Waals surface area contributed by atoms with Crippen LogP contribution in [0.3, 0.4) is 0 Å². The second-order valence-electron chi connectivity index (χ2n) is 3.27. The molecule has 0 saturated carbocycles. The van der Waals surface area contributed by atoms with Crippen LogP contribution >= 0.6 is 0 Å². The van der Waals surface area contributed by atoms with E-state index < -0.39 is 17.9 Å². The SMILES string of the molecule is CCOC(=O)c1nnn(C(C)C(N)=O)c1C. The molecule has 0 saturated heterocycles. The molecule has 1 aromatic rings. The van der Waals surface area contributed by atoms with E-state index in [0.29, 0.717) is 5.69 Å². The van der Waals surface area contributed by atoms with E-state index in [1.807, 2.05) is 0 Å². The maximum atomic E-state index is 11.4. The molecule has 1 amide bonds. The van der Waals surface area contributed by atoms with Gasteiger partial charge in [-0.3, -0.25) is 4.79 Å². The second kappa shape index (κ2) is 4.73. The Kier molecular flexibility index (Phi) is 3.60. The number of aromatic nitrogens is 3. The van der Waals surface area contributed by atoms with Crippen molar-refractivity contribution in [3.8, 4) is 0 Å². The van der Waals surface area contributed by atoms with E-state index in [-0.39, 0.29) is 12.3 Å². The summed E-state index contributed by atoms with van der Waals surface area (Å²) in [4.78, 5) is 22.4. The molecule has 0 fully saturated rings. The minimum atomic E-state index is -0.643. The number of nitrogens with two attached hydrogens (primary N) is 1. The van der Waals surface area contributed by atoms with Gasteiger partial charge in [-0.1, -0.05) is 5.21 Å². The van der Waals surface area contributed by atoms with E-state index in [4.69, 9.17) is 10.5 Å². The van der Waals surface area contributed by atoms with Crippen molar-refractivity contribution in [1.29, 1.82) is 0 Å². The molecule has 88 valence electrons. The topological polar surface area (TPSA) is 100 Å². The fourth-order valence-electron chi connectivity index (χ4n) is 1.22. The highest BCUT2D eigenvalue weighted by molar-refractivity contribution is 5.88. The van der Waals surface area contributed by atoms with Crippen LogP contribution < -0.4 is 5.73 Å². The van der Waals surface area contributed by atoms with E-state index >= 15 is 0 Å². The lowest BCUT2D eigenvalue weighted by Gasteiger charge is -2.08. The lowest BCUT2D eigenvalue weighted by molar-refractivity contribution is -0.121. The average Bonchev–Trinajstić information content (AvgIpc) is 2.59. The molecule has 0 aromatic carbocycles. The second-order valence-corrected chi connectivity index (χ2v) is 3.27. The first kappa shape index (κ1) is 12.2. The number of esters is 1. The summed E-state index contributed by atoms with van der Waals surface area (Å²) in [5.74, 6) is -1.09. The minimum Gasteiger partial charge on any atom is -0.461 e. The Hall–Kier alpha value is -1.92.